The van der Waals surface area contributed by atoms with Crippen molar-refractivity contribution in [1.29, 1.82) is 0 Å². The molecule has 2 atom stereocenters. The normalized spacial score (nSPS) is 19.6. The van der Waals surface area contributed by atoms with Gasteiger partial charge in [-0.2, -0.15) is 0 Å². The molecule has 0 spiro atoms. The number of ether oxygens (including phenoxy) is 1. The summed E-state index contributed by atoms with van der Waals surface area (Å²) in [5.74, 6) is 1.05. The Morgan fingerprint density at radius 3 is 2.89 bits per heavy atom. The molecule has 1 aliphatic heterocycles. The summed E-state index contributed by atoms with van der Waals surface area (Å²) in [5, 5.41) is 1.98. The number of rotatable bonds is 4. The van der Waals surface area contributed by atoms with Crippen molar-refractivity contribution in [2.24, 2.45) is 0 Å². The van der Waals surface area contributed by atoms with E-state index >= 15 is 0 Å². The highest BCUT2D eigenvalue weighted by Crippen LogP contribution is 2.33. The number of nitrogen functional groups attached to an aromatic ring is 2. The molecule has 4 heterocycles. The molecule has 1 aromatic carbocycles. The van der Waals surface area contributed by atoms with Gasteiger partial charge in [0, 0.05) is 11.6 Å². The lowest BCUT2D eigenvalue weighted by Crippen LogP contribution is -2.12. The fourth-order valence-electron chi connectivity index (χ4n) is 3.99. The molecule has 7 heteroatoms. The third-order valence-electron chi connectivity index (χ3n) is 5.47. The van der Waals surface area contributed by atoms with Gasteiger partial charge in [0.05, 0.1) is 17.0 Å². The Balaban J connectivity index is 1.27. The maximum absolute atomic E-state index is 6.31. The van der Waals surface area contributed by atoms with E-state index in [1.165, 1.54) is 11.9 Å². The number of nitrogens with two attached hydrogens (primary N) is 2. The zero-order chi connectivity index (χ0) is 19.1. The Morgan fingerprint density at radius 1 is 1.07 bits per heavy atom. The predicted octanol–water partition coefficient (Wildman–Crippen LogP) is 3.45. The van der Waals surface area contributed by atoms with Gasteiger partial charge < -0.3 is 20.8 Å². The van der Waals surface area contributed by atoms with Crippen molar-refractivity contribution in [2.75, 3.05) is 11.5 Å². The molecule has 5 rings (SSSR count). The minimum Gasteiger partial charge on any atom is -0.384 e. The Hall–Kier alpha value is -3.19. The molecule has 0 bridgehead atoms. The highest BCUT2D eigenvalue weighted by atomic mass is 16.5. The van der Waals surface area contributed by atoms with Crippen LogP contribution in [0.2, 0.25) is 0 Å². The smallest absolute Gasteiger partial charge is 0.147 e. The Kier molecular flexibility index (Phi) is 4.09. The van der Waals surface area contributed by atoms with Crippen molar-refractivity contribution in [3.63, 3.8) is 0 Å². The van der Waals surface area contributed by atoms with E-state index in [1.54, 1.807) is 0 Å². The van der Waals surface area contributed by atoms with Gasteiger partial charge in [0.25, 0.3) is 0 Å². The maximum atomic E-state index is 6.31. The number of aromatic nitrogens is 4. The van der Waals surface area contributed by atoms with Crippen LogP contribution in [0.5, 0.6) is 0 Å². The highest BCUT2D eigenvalue weighted by molar-refractivity contribution is 5.86. The average Bonchev–Trinajstić information content (AvgIpc) is 3.33. The molecule has 4 N–H and O–H groups in total. The van der Waals surface area contributed by atoms with Crippen LogP contribution >= 0.6 is 0 Å². The summed E-state index contributed by atoms with van der Waals surface area (Å²) in [6, 6.07) is 12.2. The molecular formula is C21H22N6O. The van der Waals surface area contributed by atoms with Gasteiger partial charge in [0.2, 0.25) is 0 Å². The van der Waals surface area contributed by atoms with E-state index in [4.69, 9.17) is 16.2 Å². The standard InChI is InChI=1S/C21H22N6O/c22-18-7-4-14-3-1-13(11-17(14)26-18)2-5-15-6-8-19(28-15)27-10-9-16-20(23)24-12-25-21(16)27/h1,3-4,7,9-12,15,19H,2,5-6,8H2,(H2,22,26)(H2,23,24,25). The van der Waals surface area contributed by atoms with Gasteiger partial charge in [-0.1, -0.05) is 12.1 Å². The van der Waals surface area contributed by atoms with Crippen molar-refractivity contribution < 1.29 is 4.74 Å². The van der Waals surface area contributed by atoms with Crippen LogP contribution in [-0.2, 0) is 11.2 Å². The highest BCUT2D eigenvalue weighted by Gasteiger charge is 2.27. The van der Waals surface area contributed by atoms with Crippen LogP contribution < -0.4 is 11.5 Å². The zero-order valence-corrected chi connectivity index (χ0v) is 15.5. The van der Waals surface area contributed by atoms with E-state index in [-0.39, 0.29) is 12.3 Å². The third-order valence-corrected chi connectivity index (χ3v) is 5.47. The molecular weight excluding hydrogens is 352 g/mol. The summed E-state index contributed by atoms with van der Waals surface area (Å²) < 4.78 is 8.37. The number of aryl methyl sites for hydroxylation is 1. The second-order valence-corrected chi connectivity index (χ2v) is 7.31. The lowest BCUT2D eigenvalue weighted by Gasteiger charge is -2.16. The number of anilines is 2. The SMILES string of the molecule is Nc1ccc2ccc(CCC3CCC(n4ccc5c(N)ncnc54)O3)cc2n1. The number of hydrogen-bond donors (Lipinski definition) is 2. The number of benzene rings is 1. The molecule has 0 radical (unpaired) electrons. The van der Waals surface area contributed by atoms with E-state index in [1.807, 2.05) is 24.4 Å². The predicted molar refractivity (Wildman–Crippen MR) is 110 cm³/mol. The molecule has 142 valence electrons. The van der Waals surface area contributed by atoms with Crippen LogP contribution in [0.3, 0.4) is 0 Å². The lowest BCUT2D eigenvalue weighted by molar-refractivity contribution is 0.00120. The fraction of sp³-hybridized carbons (Fsp3) is 0.286. The Bertz CT molecular complexity index is 1150. The quantitative estimate of drug-likeness (QED) is 0.567. The molecule has 7 nitrogen and oxygen atoms in total. The van der Waals surface area contributed by atoms with E-state index in [2.05, 4.69) is 37.7 Å². The topological polar surface area (TPSA) is 105 Å². The van der Waals surface area contributed by atoms with Crippen LogP contribution in [0.15, 0.2) is 48.9 Å². The zero-order valence-electron chi connectivity index (χ0n) is 15.5. The first-order chi connectivity index (χ1) is 13.7. The molecule has 0 amide bonds. The summed E-state index contributed by atoms with van der Waals surface area (Å²) >= 11 is 0. The first kappa shape index (κ1) is 16.9. The summed E-state index contributed by atoms with van der Waals surface area (Å²) in [6.07, 6.45) is 7.63. The van der Waals surface area contributed by atoms with Crippen molar-refractivity contribution in [3.8, 4) is 0 Å². The van der Waals surface area contributed by atoms with Gasteiger partial charge in [-0.3, -0.25) is 0 Å². The van der Waals surface area contributed by atoms with E-state index in [9.17, 15) is 0 Å². The fourth-order valence-corrected chi connectivity index (χ4v) is 3.99. The van der Waals surface area contributed by atoms with Gasteiger partial charge in [-0.25, -0.2) is 15.0 Å². The summed E-state index contributed by atoms with van der Waals surface area (Å²) in [4.78, 5) is 12.8. The van der Waals surface area contributed by atoms with Gasteiger partial charge in [0.1, 0.15) is 29.8 Å². The number of pyridine rings is 1. The molecule has 1 fully saturated rings. The molecule has 1 saturated heterocycles. The maximum Gasteiger partial charge on any atom is 0.147 e. The number of nitrogens with zero attached hydrogens (tertiary/aromatic N) is 4. The molecule has 0 saturated carbocycles. The van der Waals surface area contributed by atoms with Crippen LogP contribution in [0, 0.1) is 0 Å². The van der Waals surface area contributed by atoms with E-state index in [0.29, 0.717) is 11.6 Å². The summed E-state index contributed by atoms with van der Waals surface area (Å²) in [6.45, 7) is 0. The second-order valence-electron chi connectivity index (χ2n) is 7.31. The monoisotopic (exact) mass is 374 g/mol. The summed E-state index contributed by atoms with van der Waals surface area (Å²) in [5.41, 5.74) is 14.8. The van der Waals surface area contributed by atoms with Crippen LogP contribution in [0.1, 0.15) is 31.1 Å². The third kappa shape index (κ3) is 3.03. The molecule has 3 aromatic heterocycles. The van der Waals surface area contributed by atoms with Crippen molar-refractivity contribution >= 4 is 33.6 Å². The van der Waals surface area contributed by atoms with Crippen molar-refractivity contribution in [3.05, 3.63) is 54.5 Å². The summed E-state index contributed by atoms with van der Waals surface area (Å²) in [7, 11) is 0. The first-order valence-electron chi connectivity index (χ1n) is 9.55. The van der Waals surface area contributed by atoms with Crippen molar-refractivity contribution in [1.82, 2.24) is 19.5 Å². The van der Waals surface area contributed by atoms with Crippen LogP contribution in [-0.4, -0.2) is 25.6 Å². The molecule has 0 aliphatic carbocycles. The van der Waals surface area contributed by atoms with Crippen LogP contribution in [0.4, 0.5) is 11.6 Å². The van der Waals surface area contributed by atoms with E-state index < -0.39 is 0 Å². The van der Waals surface area contributed by atoms with E-state index in [0.717, 1.165) is 47.6 Å². The first-order valence-corrected chi connectivity index (χ1v) is 9.55. The molecule has 2 unspecified atom stereocenters. The molecule has 28 heavy (non-hydrogen) atoms. The molecule has 4 aromatic rings. The number of fused-ring (bicyclic) bond motifs is 2. The molecule has 1 aliphatic rings. The minimum atomic E-state index is -0.00475. The lowest BCUT2D eigenvalue weighted by atomic mass is 10.0. The minimum absolute atomic E-state index is 0.00475. The van der Waals surface area contributed by atoms with Crippen LogP contribution in [0.25, 0.3) is 21.9 Å². The van der Waals surface area contributed by atoms with Gasteiger partial charge in [0.15, 0.2) is 0 Å². The van der Waals surface area contributed by atoms with Gasteiger partial charge in [-0.05, 0) is 55.5 Å². The second kappa shape index (κ2) is 6.76. The van der Waals surface area contributed by atoms with Crippen molar-refractivity contribution in [2.45, 2.75) is 38.0 Å². The largest absolute Gasteiger partial charge is 0.384 e. The van der Waals surface area contributed by atoms with Gasteiger partial charge in [-0.15, -0.1) is 0 Å². The van der Waals surface area contributed by atoms with Gasteiger partial charge >= 0.3 is 0 Å². The number of hydrogen-bond acceptors (Lipinski definition) is 6. The Morgan fingerprint density at radius 2 is 1.96 bits per heavy atom. The average molecular weight is 374 g/mol. The Labute approximate surface area is 162 Å².